The van der Waals surface area contributed by atoms with Crippen molar-refractivity contribution >= 4 is 12.9 Å². The Bertz CT molecular complexity index is 227. The van der Waals surface area contributed by atoms with Crippen LogP contribution in [0.1, 0.15) is 6.42 Å². The van der Waals surface area contributed by atoms with Gasteiger partial charge in [-0.05, 0) is 19.4 Å². The first-order valence-electron chi connectivity index (χ1n) is 4.56. The maximum Gasteiger partial charge on any atom is 1.00 e. The van der Waals surface area contributed by atoms with Crippen molar-refractivity contribution < 1.29 is 69.1 Å². The number of carbonyl (C=O) groups excluding carboxylic acids is 1. The van der Waals surface area contributed by atoms with Crippen LogP contribution >= 0.6 is 0 Å². The molecule has 15 heavy (non-hydrogen) atoms. The second kappa shape index (κ2) is 6.61. The van der Waals surface area contributed by atoms with Crippen molar-refractivity contribution in [3.63, 3.8) is 0 Å². The molecule has 0 aromatic rings. The van der Waals surface area contributed by atoms with Crippen LogP contribution in [0, 0.1) is 0 Å². The summed E-state index contributed by atoms with van der Waals surface area (Å²) in [4.78, 5) is 13.9. The summed E-state index contributed by atoms with van der Waals surface area (Å²) in [6.07, 6.45) is -0.325. The van der Waals surface area contributed by atoms with Crippen LogP contribution in [0.5, 0.6) is 0 Å². The summed E-state index contributed by atoms with van der Waals surface area (Å²) in [6, 6.07) is 0. The van der Waals surface area contributed by atoms with E-state index in [0.717, 1.165) is 0 Å². The Hall–Kier alpha value is 0.921. The maximum atomic E-state index is 12.1. The van der Waals surface area contributed by atoms with Gasteiger partial charge < -0.3 is 22.7 Å². The number of likely N-dealkylation sites (N-methyl/N-ethyl adjacent to an activating group) is 1. The van der Waals surface area contributed by atoms with Crippen LogP contribution in [0.4, 0.5) is 12.9 Å². The third-order valence-corrected chi connectivity index (χ3v) is 2.22. The molecule has 3 nitrogen and oxygen atoms in total. The zero-order valence-corrected chi connectivity index (χ0v) is 12.2. The Morgan fingerprint density at radius 3 is 2.47 bits per heavy atom. The first-order chi connectivity index (χ1) is 6.38. The quantitative estimate of drug-likeness (QED) is 0.506. The summed E-state index contributed by atoms with van der Waals surface area (Å²) >= 11 is 0. The first-order valence-corrected chi connectivity index (χ1v) is 4.56. The van der Waals surface area contributed by atoms with Gasteiger partial charge in [-0.2, -0.15) is 0 Å². The van der Waals surface area contributed by atoms with E-state index in [4.69, 9.17) is 0 Å². The van der Waals surface area contributed by atoms with Gasteiger partial charge in [-0.15, -0.1) is 0 Å². The second-order valence-electron chi connectivity index (χ2n) is 3.61. The average Bonchev–Trinajstić information content (AvgIpc) is 2.12. The number of carbonyl (C=O) groups is 1. The van der Waals surface area contributed by atoms with E-state index in [1.54, 1.807) is 7.05 Å². The maximum absolute atomic E-state index is 12.1. The molecule has 0 atom stereocenters. The minimum atomic E-state index is -4.82. The predicted molar refractivity (Wildman–Crippen MR) is 47.8 cm³/mol. The van der Waals surface area contributed by atoms with Gasteiger partial charge in [0.1, 0.15) is 0 Å². The van der Waals surface area contributed by atoms with E-state index >= 15 is 0 Å². The SMILES string of the molecule is CN1CCCN(C[B-](F)(F)F)CC1=O.[K+]. The van der Waals surface area contributed by atoms with Crippen molar-refractivity contribution in [2.24, 2.45) is 0 Å². The molecule has 1 aliphatic rings. The van der Waals surface area contributed by atoms with Crippen molar-refractivity contribution in [1.82, 2.24) is 9.80 Å². The Labute approximate surface area is 130 Å². The molecule has 1 amide bonds. The van der Waals surface area contributed by atoms with Gasteiger partial charge in [-0.1, -0.05) is 0 Å². The number of amides is 1. The van der Waals surface area contributed by atoms with E-state index in [2.05, 4.69) is 0 Å². The van der Waals surface area contributed by atoms with Crippen LogP contribution in [0.25, 0.3) is 0 Å². The fourth-order valence-corrected chi connectivity index (χ4v) is 1.50. The molecule has 0 aliphatic carbocycles. The van der Waals surface area contributed by atoms with Gasteiger partial charge in [-0.25, -0.2) is 0 Å². The monoisotopic (exact) mass is 248 g/mol. The minimum Gasteiger partial charge on any atom is -0.448 e. The fraction of sp³-hybridized carbons (Fsp3) is 0.857. The van der Waals surface area contributed by atoms with Crippen molar-refractivity contribution in [3.8, 4) is 0 Å². The summed E-state index contributed by atoms with van der Waals surface area (Å²) in [5, 5.41) is 0. The van der Waals surface area contributed by atoms with E-state index in [0.29, 0.717) is 19.5 Å². The fourth-order valence-electron chi connectivity index (χ4n) is 1.50. The van der Waals surface area contributed by atoms with E-state index in [1.165, 1.54) is 9.80 Å². The van der Waals surface area contributed by atoms with E-state index in [1.807, 2.05) is 0 Å². The summed E-state index contributed by atoms with van der Waals surface area (Å²) in [6.45, 7) is -4.05. The molecule has 1 fully saturated rings. The van der Waals surface area contributed by atoms with Crippen LogP contribution in [0.2, 0.25) is 0 Å². The van der Waals surface area contributed by atoms with Gasteiger partial charge in [0.25, 0.3) is 0 Å². The molecule has 0 N–H and O–H groups in total. The largest absolute Gasteiger partial charge is 1.00 e. The molecule has 1 heterocycles. The summed E-state index contributed by atoms with van der Waals surface area (Å²) < 4.78 is 36.3. The molecule has 0 bridgehead atoms. The number of nitrogens with zero attached hydrogens (tertiary/aromatic N) is 2. The Kier molecular flexibility index (Phi) is 7.01. The zero-order chi connectivity index (χ0) is 10.8. The molecule has 1 rings (SSSR count). The van der Waals surface area contributed by atoms with Crippen molar-refractivity contribution in [2.75, 3.05) is 33.1 Å². The number of halogens is 3. The number of hydrogen-bond acceptors (Lipinski definition) is 2. The average molecular weight is 248 g/mol. The molecule has 8 heteroatoms. The molecule has 0 saturated carbocycles. The third-order valence-electron chi connectivity index (χ3n) is 2.22. The Balaban J connectivity index is 0.00000196. The molecular formula is C7H13BF3KN2O. The molecule has 0 spiro atoms. The van der Waals surface area contributed by atoms with Gasteiger partial charge >= 0.3 is 58.4 Å². The Morgan fingerprint density at radius 1 is 1.33 bits per heavy atom. The van der Waals surface area contributed by atoms with Gasteiger partial charge in [0.15, 0.2) is 0 Å². The molecule has 0 radical (unpaired) electrons. The third kappa shape index (κ3) is 6.28. The summed E-state index contributed by atoms with van der Waals surface area (Å²) in [5.41, 5.74) is 0. The van der Waals surface area contributed by atoms with Crippen LogP contribution < -0.4 is 51.4 Å². The van der Waals surface area contributed by atoms with Crippen molar-refractivity contribution in [1.29, 1.82) is 0 Å². The van der Waals surface area contributed by atoms with Gasteiger partial charge in [0.05, 0.1) is 6.54 Å². The molecule has 82 valence electrons. The van der Waals surface area contributed by atoms with Crippen LogP contribution in [-0.2, 0) is 4.79 Å². The second-order valence-corrected chi connectivity index (χ2v) is 3.61. The first kappa shape index (κ1) is 15.9. The predicted octanol–water partition coefficient (Wildman–Crippen LogP) is -2.46. The van der Waals surface area contributed by atoms with Crippen LogP contribution in [0.3, 0.4) is 0 Å². The van der Waals surface area contributed by atoms with E-state index < -0.39 is 13.4 Å². The zero-order valence-electron chi connectivity index (χ0n) is 9.05. The van der Waals surface area contributed by atoms with E-state index in [9.17, 15) is 17.7 Å². The molecule has 1 saturated heterocycles. The van der Waals surface area contributed by atoms with Crippen molar-refractivity contribution in [3.05, 3.63) is 0 Å². The van der Waals surface area contributed by atoms with Crippen molar-refractivity contribution in [2.45, 2.75) is 6.42 Å². The molecule has 0 aromatic heterocycles. The number of hydrogen-bond donors (Lipinski definition) is 0. The summed E-state index contributed by atoms with van der Waals surface area (Å²) in [5.74, 6) is -0.234. The standard InChI is InChI=1S/C7H13BF3N2O.K/c1-12-3-2-4-13(5-7(12)14)6-8(9,10)11;/h2-6H2,1H3;/q-1;+1. The molecule has 0 aromatic carbocycles. The van der Waals surface area contributed by atoms with Gasteiger partial charge in [0.2, 0.25) is 5.91 Å². The van der Waals surface area contributed by atoms with E-state index in [-0.39, 0.29) is 63.8 Å². The van der Waals surface area contributed by atoms with Crippen LogP contribution in [-0.4, -0.2) is 55.8 Å². The topological polar surface area (TPSA) is 23.6 Å². The molecule has 1 aliphatic heterocycles. The van der Waals surface area contributed by atoms with Gasteiger partial charge in [0, 0.05) is 13.6 Å². The molecule has 0 unspecified atom stereocenters. The summed E-state index contributed by atoms with van der Waals surface area (Å²) in [7, 11) is 1.62. The number of rotatable bonds is 2. The Morgan fingerprint density at radius 2 is 1.93 bits per heavy atom. The molecular weight excluding hydrogens is 235 g/mol. The van der Waals surface area contributed by atoms with Gasteiger partial charge in [-0.3, -0.25) is 4.79 Å². The van der Waals surface area contributed by atoms with Crippen LogP contribution in [0.15, 0.2) is 0 Å². The normalized spacial score (nSPS) is 19.7. The minimum absolute atomic E-state index is 0. The smallest absolute Gasteiger partial charge is 0.448 e.